The van der Waals surface area contributed by atoms with E-state index < -0.39 is 33.8 Å². The van der Waals surface area contributed by atoms with Gasteiger partial charge in [0.1, 0.15) is 17.5 Å². The summed E-state index contributed by atoms with van der Waals surface area (Å²) in [6.45, 7) is 0. The lowest BCUT2D eigenvalue weighted by Gasteiger charge is -2.13. The minimum atomic E-state index is -4.54. The predicted molar refractivity (Wildman–Crippen MR) is 67.8 cm³/mol. The van der Waals surface area contributed by atoms with E-state index in [1.54, 1.807) is 12.1 Å². The third kappa shape index (κ3) is 5.24. The van der Waals surface area contributed by atoms with Crippen LogP contribution < -0.4 is 5.32 Å². The van der Waals surface area contributed by atoms with Crippen LogP contribution in [0.1, 0.15) is 5.56 Å². The molecule has 0 radical (unpaired) electrons. The number of hydrogen-bond donors (Lipinski definition) is 4. The lowest BCUT2D eigenvalue weighted by atomic mass is 10.1. The molecule has 0 aliphatic carbocycles. The number of carbonyl (C=O) groups is 2. The Balaban J connectivity index is 2.73. The third-order valence-corrected chi connectivity index (χ3v) is 3.11. The SMILES string of the molecule is O=C(Cc1ccccc1O)NC(CS(=O)(=O)O)C(=O)O. The van der Waals surface area contributed by atoms with E-state index in [4.69, 9.17) is 9.66 Å². The first-order valence-corrected chi connectivity index (χ1v) is 7.04. The number of carboxylic acid groups (broad SMARTS) is 1. The molecule has 0 saturated carbocycles. The zero-order chi connectivity index (χ0) is 15.3. The average molecular weight is 303 g/mol. The summed E-state index contributed by atoms with van der Waals surface area (Å²) in [5.41, 5.74) is 0.265. The van der Waals surface area contributed by atoms with Gasteiger partial charge in [-0.2, -0.15) is 8.42 Å². The molecule has 1 atom stereocenters. The molecule has 1 amide bonds. The van der Waals surface area contributed by atoms with Gasteiger partial charge >= 0.3 is 5.97 Å². The molecule has 0 bridgehead atoms. The summed E-state index contributed by atoms with van der Waals surface area (Å²) in [7, 11) is -4.54. The van der Waals surface area contributed by atoms with E-state index in [2.05, 4.69) is 0 Å². The molecule has 1 unspecified atom stereocenters. The van der Waals surface area contributed by atoms with Crippen LogP contribution in [0.25, 0.3) is 0 Å². The molecule has 0 aliphatic heterocycles. The average Bonchev–Trinajstić information content (AvgIpc) is 2.29. The van der Waals surface area contributed by atoms with Crippen LogP contribution in [-0.4, -0.2) is 46.9 Å². The lowest BCUT2D eigenvalue weighted by Crippen LogP contribution is -2.45. The molecular weight excluding hydrogens is 290 g/mol. The van der Waals surface area contributed by atoms with Gasteiger partial charge in [-0.1, -0.05) is 18.2 Å². The Kier molecular flexibility index (Phi) is 5.06. The van der Waals surface area contributed by atoms with Crippen molar-refractivity contribution in [3.63, 3.8) is 0 Å². The first-order valence-electron chi connectivity index (χ1n) is 5.43. The van der Waals surface area contributed by atoms with Crippen molar-refractivity contribution in [1.82, 2.24) is 5.32 Å². The predicted octanol–water partition coefficient (Wildman–Crippen LogP) is -0.608. The monoisotopic (exact) mass is 303 g/mol. The number of aromatic hydroxyl groups is 1. The number of amides is 1. The summed E-state index contributed by atoms with van der Waals surface area (Å²) < 4.78 is 29.9. The van der Waals surface area contributed by atoms with E-state index in [1.807, 2.05) is 5.32 Å². The molecule has 0 fully saturated rings. The Morgan fingerprint density at radius 3 is 2.35 bits per heavy atom. The highest BCUT2D eigenvalue weighted by Gasteiger charge is 2.25. The molecule has 8 nitrogen and oxygen atoms in total. The molecule has 0 heterocycles. The second kappa shape index (κ2) is 6.35. The van der Waals surface area contributed by atoms with Gasteiger partial charge in [-0.3, -0.25) is 9.35 Å². The number of phenolic OH excluding ortho intramolecular Hbond substituents is 1. The van der Waals surface area contributed by atoms with Crippen LogP contribution in [-0.2, 0) is 26.1 Å². The Morgan fingerprint density at radius 2 is 1.85 bits per heavy atom. The van der Waals surface area contributed by atoms with Gasteiger partial charge in [0.15, 0.2) is 0 Å². The molecule has 0 aliphatic rings. The van der Waals surface area contributed by atoms with Gasteiger partial charge < -0.3 is 15.5 Å². The fourth-order valence-corrected chi connectivity index (χ4v) is 2.11. The number of rotatable bonds is 6. The molecule has 4 N–H and O–H groups in total. The van der Waals surface area contributed by atoms with Crippen molar-refractivity contribution in [2.24, 2.45) is 0 Å². The van der Waals surface area contributed by atoms with Crippen molar-refractivity contribution >= 4 is 22.0 Å². The zero-order valence-corrected chi connectivity index (χ0v) is 11.0. The van der Waals surface area contributed by atoms with Gasteiger partial charge in [0, 0.05) is 5.56 Å². The van der Waals surface area contributed by atoms with E-state index in [9.17, 15) is 23.1 Å². The fourth-order valence-electron chi connectivity index (χ4n) is 1.46. The maximum absolute atomic E-state index is 11.6. The van der Waals surface area contributed by atoms with Gasteiger partial charge in [-0.15, -0.1) is 0 Å². The topological polar surface area (TPSA) is 141 Å². The third-order valence-electron chi connectivity index (χ3n) is 2.35. The smallest absolute Gasteiger partial charge is 0.327 e. The fraction of sp³-hybridized carbons (Fsp3) is 0.273. The highest BCUT2D eigenvalue weighted by atomic mass is 32.2. The van der Waals surface area contributed by atoms with Gasteiger partial charge in [-0.25, -0.2) is 4.79 Å². The summed E-state index contributed by atoms with van der Waals surface area (Å²) in [6.07, 6.45) is -0.318. The highest BCUT2D eigenvalue weighted by Crippen LogP contribution is 2.15. The first-order chi connectivity index (χ1) is 9.19. The summed E-state index contributed by atoms with van der Waals surface area (Å²) in [4.78, 5) is 22.4. The number of benzene rings is 1. The number of nitrogens with one attached hydrogen (secondary N) is 1. The van der Waals surface area contributed by atoms with E-state index in [0.717, 1.165) is 0 Å². The molecule has 20 heavy (non-hydrogen) atoms. The van der Waals surface area contributed by atoms with Crippen molar-refractivity contribution in [3.8, 4) is 5.75 Å². The van der Waals surface area contributed by atoms with Crippen LogP contribution in [0, 0.1) is 0 Å². The largest absolute Gasteiger partial charge is 0.508 e. The molecule has 0 aromatic heterocycles. The van der Waals surface area contributed by atoms with Crippen LogP contribution in [0.3, 0.4) is 0 Å². The van der Waals surface area contributed by atoms with Crippen LogP contribution in [0.2, 0.25) is 0 Å². The van der Waals surface area contributed by atoms with Gasteiger partial charge in [-0.05, 0) is 6.07 Å². The Bertz CT molecular complexity index is 611. The maximum Gasteiger partial charge on any atom is 0.327 e. The summed E-state index contributed by atoms with van der Waals surface area (Å²) in [5.74, 6) is -3.64. The molecule has 0 spiro atoms. The van der Waals surface area contributed by atoms with Crippen LogP contribution in [0.15, 0.2) is 24.3 Å². The lowest BCUT2D eigenvalue weighted by molar-refractivity contribution is -0.141. The quantitative estimate of drug-likeness (QED) is 0.514. The summed E-state index contributed by atoms with van der Waals surface area (Å²) in [5, 5.41) is 20.2. The highest BCUT2D eigenvalue weighted by molar-refractivity contribution is 7.85. The molecule has 1 aromatic rings. The van der Waals surface area contributed by atoms with Gasteiger partial charge in [0.05, 0.1) is 6.42 Å². The maximum atomic E-state index is 11.6. The normalized spacial score (nSPS) is 12.7. The number of aliphatic carboxylic acids is 1. The standard InChI is InChI=1S/C11H13NO7S/c13-9-4-2-1-3-7(9)5-10(14)12-8(11(15)16)6-20(17,18)19/h1-4,8,13H,5-6H2,(H,12,14)(H,15,16)(H,17,18,19). The second-order valence-electron chi connectivity index (χ2n) is 4.01. The van der Waals surface area contributed by atoms with Gasteiger partial charge in [0.2, 0.25) is 5.91 Å². The van der Waals surface area contributed by atoms with Crippen molar-refractivity contribution in [2.75, 3.05) is 5.75 Å². The van der Waals surface area contributed by atoms with Crippen molar-refractivity contribution in [2.45, 2.75) is 12.5 Å². The van der Waals surface area contributed by atoms with E-state index in [0.29, 0.717) is 0 Å². The number of carbonyl (C=O) groups excluding carboxylic acids is 1. The zero-order valence-electron chi connectivity index (χ0n) is 10.2. The van der Waals surface area contributed by atoms with Crippen molar-refractivity contribution in [1.29, 1.82) is 0 Å². The van der Waals surface area contributed by atoms with E-state index >= 15 is 0 Å². The van der Waals surface area contributed by atoms with Crippen LogP contribution in [0.4, 0.5) is 0 Å². The van der Waals surface area contributed by atoms with Crippen LogP contribution >= 0.6 is 0 Å². The minimum absolute atomic E-state index is 0.135. The molecule has 1 aromatic carbocycles. The van der Waals surface area contributed by atoms with Crippen molar-refractivity contribution in [3.05, 3.63) is 29.8 Å². The second-order valence-corrected chi connectivity index (χ2v) is 5.51. The van der Waals surface area contributed by atoms with E-state index in [1.165, 1.54) is 12.1 Å². The van der Waals surface area contributed by atoms with Crippen LogP contribution in [0.5, 0.6) is 5.75 Å². The van der Waals surface area contributed by atoms with Crippen molar-refractivity contribution < 1.29 is 32.8 Å². The Morgan fingerprint density at radius 1 is 1.25 bits per heavy atom. The molecule has 110 valence electrons. The molecule has 1 rings (SSSR count). The molecule has 0 saturated heterocycles. The number of hydrogen-bond acceptors (Lipinski definition) is 5. The Hall–Kier alpha value is -2.13. The molecular formula is C11H13NO7S. The summed E-state index contributed by atoms with van der Waals surface area (Å²) in [6, 6.07) is 4.19. The number of para-hydroxylation sites is 1. The van der Waals surface area contributed by atoms with E-state index in [-0.39, 0.29) is 17.7 Å². The Labute approximate surface area is 114 Å². The first kappa shape index (κ1) is 15.9. The van der Waals surface area contributed by atoms with Gasteiger partial charge in [0.25, 0.3) is 10.1 Å². The molecule has 9 heteroatoms. The number of phenols is 1. The summed E-state index contributed by atoms with van der Waals surface area (Å²) >= 11 is 0. The minimum Gasteiger partial charge on any atom is -0.508 e. The number of carboxylic acids is 1.